The van der Waals surface area contributed by atoms with E-state index in [1.807, 2.05) is 0 Å². The third kappa shape index (κ3) is 18.1. The van der Waals surface area contributed by atoms with E-state index in [9.17, 15) is 43.5 Å². The van der Waals surface area contributed by atoms with E-state index in [-0.39, 0.29) is 170 Å². The zero-order valence-corrected chi connectivity index (χ0v) is 56.6. The van der Waals surface area contributed by atoms with Crippen LogP contribution in [0.1, 0.15) is 129 Å². The van der Waals surface area contributed by atoms with Gasteiger partial charge in [-0.1, -0.05) is 46.1 Å². The Labute approximate surface area is 571 Å². The van der Waals surface area contributed by atoms with E-state index in [1.165, 1.54) is 12.2 Å². The largest absolute Gasteiger partial charge is 0.445 e. The maximum atomic E-state index is 14.5. The summed E-state index contributed by atoms with van der Waals surface area (Å²) in [5, 5.41) is 25.0. The zero-order valence-electron chi connectivity index (χ0n) is 56.6. The van der Waals surface area contributed by atoms with Gasteiger partial charge in [-0.25, -0.2) is 9.59 Å². The number of aliphatic hydroxyl groups excluding tert-OH is 1. The van der Waals surface area contributed by atoms with Crippen LogP contribution in [0.5, 0.6) is 0 Å². The predicted molar refractivity (Wildman–Crippen MR) is 348 cm³/mol. The van der Waals surface area contributed by atoms with Gasteiger partial charge >= 0.3 is 12.1 Å². The quantitative estimate of drug-likeness (QED) is 0.0394. The van der Waals surface area contributed by atoms with E-state index in [1.54, 1.807) is 45.2 Å². The lowest BCUT2D eigenvalue weighted by Gasteiger charge is -2.47. The average Bonchev–Trinajstić information content (AvgIpc) is 1.55. The van der Waals surface area contributed by atoms with Gasteiger partial charge in [0.2, 0.25) is 17.7 Å². The Bertz CT molecular complexity index is 3060. The van der Waals surface area contributed by atoms with E-state index in [4.69, 9.17) is 62.6 Å². The number of nitrogens with zero attached hydrogens (tertiary/aromatic N) is 1. The maximum absolute atomic E-state index is 14.5. The van der Waals surface area contributed by atoms with E-state index < -0.39 is 102 Å². The van der Waals surface area contributed by atoms with Crippen molar-refractivity contribution >= 4 is 53.1 Å². The molecule has 0 unspecified atom stereocenters. The lowest BCUT2D eigenvalue weighted by molar-refractivity contribution is -0.292. The van der Waals surface area contributed by atoms with Crippen LogP contribution in [0.2, 0.25) is 0 Å². The number of anilines is 1. The second kappa shape index (κ2) is 33.0. The Morgan fingerprint density at radius 1 is 0.745 bits per heavy atom. The number of nitrogens with two attached hydrogens (primary N) is 1. The summed E-state index contributed by atoms with van der Waals surface area (Å²) in [4.78, 5) is 104. The van der Waals surface area contributed by atoms with Gasteiger partial charge < -0.3 is 94.3 Å². The van der Waals surface area contributed by atoms with Crippen LogP contribution >= 0.6 is 0 Å². The van der Waals surface area contributed by atoms with Crippen LogP contribution in [0.15, 0.2) is 60.7 Å². The summed E-state index contributed by atoms with van der Waals surface area (Å²) in [6, 6.07) is 3.60. The van der Waals surface area contributed by atoms with Crippen LogP contribution in [0.3, 0.4) is 0 Å². The van der Waals surface area contributed by atoms with Crippen molar-refractivity contribution in [3.63, 3.8) is 0 Å². The highest BCUT2D eigenvalue weighted by atomic mass is 16.8. The SMILES string of the molecule is C=C1C[C@@H]2CC[C@@]34C[C@H]5O[C@@H]6[C@@H](O3)[C@H]3O[C@H](CC[C@@H]3O[C@@H]6[C@H]5O4)CC(=O)C[C@@H]3[C@@H](OC)[C@@H](C[C@H](O)CNC(=O)OCc4ccc(NC(=O)[C@H](CCCNC(N)=O)NC(=O)[C@@H](NC(=O)CCOCCOCCN5C(=O)C=CC5=O)C(C)C)cc4)O[C@H]3C[C@H]3O[C@@H](CC[C@@H]1O2)C[C@@H](C)C3=C. The van der Waals surface area contributed by atoms with Gasteiger partial charge in [0.15, 0.2) is 5.79 Å². The molecule has 1 aromatic carbocycles. The number of imide groups is 1. The zero-order chi connectivity index (χ0) is 69.4. The highest BCUT2D eigenvalue weighted by Gasteiger charge is 2.69. The van der Waals surface area contributed by atoms with Gasteiger partial charge in [-0.3, -0.25) is 33.7 Å². The summed E-state index contributed by atoms with van der Waals surface area (Å²) >= 11 is 0. The molecule has 12 rings (SSSR count). The molecule has 10 fully saturated rings. The number of Topliss-reactive ketones (excluding diaryl/α,β-unsaturated/α-hetero) is 1. The molecule has 12 bridgehead atoms. The summed E-state index contributed by atoms with van der Waals surface area (Å²) in [5.74, 6) is -3.98. The lowest BCUT2D eigenvalue weighted by atomic mass is 9.81. The van der Waals surface area contributed by atoms with E-state index in [2.05, 4.69) is 46.7 Å². The molecule has 11 heterocycles. The third-order valence-electron chi connectivity index (χ3n) is 20.9. The van der Waals surface area contributed by atoms with Crippen LogP contribution in [-0.2, 0) is 92.2 Å². The fourth-order valence-corrected chi connectivity index (χ4v) is 15.7. The van der Waals surface area contributed by atoms with Crippen LogP contribution in [0, 0.1) is 17.8 Å². The normalized spacial score (nSPS) is 34.4. The Morgan fingerprint density at radius 2 is 1.46 bits per heavy atom. The number of carbonyl (C=O) groups is 8. The summed E-state index contributed by atoms with van der Waals surface area (Å²) in [5.41, 5.74) is 8.22. The molecule has 11 aliphatic rings. The summed E-state index contributed by atoms with van der Waals surface area (Å²) in [6.07, 6.45) is 3.08. The topological polar surface area (TPSA) is 357 Å². The molecule has 8 N–H and O–H groups in total. The van der Waals surface area contributed by atoms with Crippen LogP contribution in [-0.4, -0.2) is 226 Å². The molecule has 1 spiro atoms. The number of nitrogens with one attached hydrogen (secondary N) is 5. The number of ether oxygens (including phenoxy) is 12. The summed E-state index contributed by atoms with van der Waals surface area (Å²) in [6.45, 7) is 14.9. The summed E-state index contributed by atoms with van der Waals surface area (Å²) in [7, 11) is 1.58. The van der Waals surface area contributed by atoms with Gasteiger partial charge in [-0.2, -0.15) is 0 Å². The molecule has 0 radical (unpaired) electrons. The third-order valence-corrected chi connectivity index (χ3v) is 20.9. The second-order valence-corrected chi connectivity index (χ2v) is 28.3. The van der Waals surface area contributed by atoms with Crippen molar-refractivity contribution in [1.29, 1.82) is 0 Å². The molecule has 0 aromatic heterocycles. The minimum Gasteiger partial charge on any atom is -0.445 e. The molecular formula is C70H99N7O21. The minimum absolute atomic E-state index is 0.00733. The van der Waals surface area contributed by atoms with Gasteiger partial charge in [0, 0.05) is 88.9 Å². The number of hydrogen-bond acceptors (Lipinski definition) is 21. The van der Waals surface area contributed by atoms with Gasteiger partial charge in [0.05, 0.1) is 100 Å². The van der Waals surface area contributed by atoms with E-state index >= 15 is 0 Å². The second-order valence-electron chi connectivity index (χ2n) is 28.3. The van der Waals surface area contributed by atoms with Crippen LogP contribution in [0.25, 0.3) is 0 Å². The van der Waals surface area contributed by atoms with Crippen molar-refractivity contribution in [2.45, 2.75) is 246 Å². The number of urea groups is 1. The van der Waals surface area contributed by atoms with Crippen LogP contribution < -0.4 is 32.3 Å². The van der Waals surface area contributed by atoms with Crippen molar-refractivity contribution < 1.29 is 100 Å². The summed E-state index contributed by atoms with van der Waals surface area (Å²) < 4.78 is 77.3. The molecule has 0 saturated carbocycles. The number of fused-ring (bicyclic) bond motifs is 6. The number of rotatable bonds is 26. The Kier molecular flexibility index (Phi) is 24.6. The van der Waals surface area contributed by atoms with Gasteiger partial charge in [-0.15, -0.1) is 0 Å². The number of carbonyl (C=O) groups excluding carboxylic acids is 8. The molecule has 10 saturated heterocycles. The van der Waals surface area contributed by atoms with E-state index in [0.29, 0.717) is 43.4 Å². The fraction of sp³-hybridized carbons (Fsp3) is 0.714. The molecule has 8 amide bonds. The molecule has 0 aliphatic carbocycles. The number of alkyl carbamates (subject to hydrolysis) is 1. The Hall–Kier alpha value is -6.28. The molecule has 1 aromatic rings. The molecule has 98 heavy (non-hydrogen) atoms. The number of aliphatic hydroxyl groups is 1. The van der Waals surface area contributed by atoms with Crippen molar-refractivity contribution in [2.75, 3.05) is 58.5 Å². The van der Waals surface area contributed by atoms with E-state index in [0.717, 1.165) is 48.2 Å². The van der Waals surface area contributed by atoms with Gasteiger partial charge in [-0.05, 0) is 98.5 Å². The van der Waals surface area contributed by atoms with Crippen LogP contribution in [0.4, 0.5) is 15.3 Å². The standard InChI is InChI=1S/C70H99N7O21/c1-37(2)59(76-56(80)20-24-88-26-27-89-25-23-77-57(81)17-18-58(77)82)67(84)75-49(8-7-22-72-68(71)85)66(83)74-42-11-9-41(10-12-42)36-90-69(86)73-35-44(79)32-54-60(87-6)48-31-43(78)30-46-14-16-51-61(93-46)65-64-63(95-51)62-55(96-64)34-70(97-62,98-65)21-19-47-29-39(4)50(91-47)15-13-45-28-38(3)40(5)52(92-45)33-53(48)94-54/h9-12,17-18,37-38,44-55,59-65,79H,4-5,7-8,13-16,19-36H2,1-3,6H3,(H,73,86)(H,74,83)(H,75,84)(H,76,80)(H3,71,72,85)/t38-,44+,45+,46-,47+,48+,49+,50+,51+,52-,53+,54-,55-,59+,60-,61+,62+,63-,64+,65+,70+/m1/s1. The van der Waals surface area contributed by atoms with Gasteiger partial charge in [0.1, 0.15) is 55.0 Å². The van der Waals surface area contributed by atoms with Crippen molar-refractivity contribution in [3.8, 4) is 0 Å². The maximum Gasteiger partial charge on any atom is 0.407 e. The monoisotopic (exact) mass is 1370 g/mol. The number of amides is 8. The Morgan fingerprint density at radius 3 is 2.21 bits per heavy atom. The molecule has 540 valence electrons. The molecular weight excluding hydrogens is 1270 g/mol. The number of methoxy groups -OCH3 is 1. The first-order valence-corrected chi connectivity index (χ1v) is 35.1. The highest BCUT2D eigenvalue weighted by molar-refractivity contribution is 6.12. The van der Waals surface area contributed by atoms with Crippen molar-refractivity contribution in [2.24, 2.45) is 23.5 Å². The molecule has 28 nitrogen and oxygen atoms in total. The number of hydrogen-bond donors (Lipinski definition) is 7. The predicted octanol–water partition coefficient (Wildman–Crippen LogP) is 3.77. The molecule has 11 aliphatic heterocycles. The average molecular weight is 1370 g/mol. The fourth-order valence-electron chi connectivity index (χ4n) is 15.7. The highest BCUT2D eigenvalue weighted by Crippen LogP contribution is 2.54. The molecule has 28 heteroatoms. The van der Waals surface area contributed by atoms with Gasteiger partial charge in [0.25, 0.3) is 11.8 Å². The minimum atomic E-state index is -1.11. The molecule has 21 atom stereocenters. The first kappa shape index (κ1) is 73.0. The lowest BCUT2D eigenvalue weighted by Crippen LogP contribution is -2.61. The number of ketones is 1. The first-order chi connectivity index (χ1) is 47.1. The Balaban J connectivity index is 0.658. The van der Waals surface area contributed by atoms with Crippen molar-refractivity contribution in [3.05, 3.63) is 66.3 Å². The number of benzene rings is 1. The van der Waals surface area contributed by atoms with Crippen molar-refractivity contribution in [1.82, 2.24) is 26.2 Å². The number of primary amides is 1. The smallest absolute Gasteiger partial charge is 0.407 e. The first-order valence-electron chi connectivity index (χ1n) is 35.1.